The third-order valence-corrected chi connectivity index (χ3v) is 7.00. The third-order valence-electron chi connectivity index (χ3n) is 4.97. The van der Waals surface area contributed by atoms with E-state index >= 15 is 0 Å². The van der Waals surface area contributed by atoms with Crippen molar-refractivity contribution < 1.29 is 27.4 Å². The van der Waals surface area contributed by atoms with Crippen molar-refractivity contribution in [3.63, 3.8) is 0 Å². The summed E-state index contributed by atoms with van der Waals surface area (Å²) in [5.74, 6) is 0.528. The summed E-state index contributed by atoms with van der Waals surface area (Å²) in [5, 5.41) is 3.17. The monoisotopic (exact) mass is 504 g/mol. The van der Waals surface area contributed by atoms with Gasteiger partial charge in [0.2, 0.25) is 5.91 Å². The maximum atomic E-state index is 13.6. The number of hydrogen-bond acceptors (Lipinski definition) is 6. The molecule has 3 aromatic carbocycles. The number of amides is 1. The molecule has 1 N–H and O–H groups in total. The van der Waals surface area contributed by atoms with Crippen LogP contribution in [0, 0.1) is 6.92 Å². The Morgan fingerprint density at radius 3 is 2.12 bits per heavy atom. The molecule has 0 saturated heterocycles. The number of aryl methyl sites for hydroxylation is 1. The highest BCUT2D eigenvalue weighted by Crippen LogP contribution is 2.33. The fourth-order valence-corrected chi connectivity index (χ4v) is 4.83. The van der Waals surface area contributed by atoms with E-state index in [0.29, 0.717) is 22.2 Å². The third kappa shape index (κ3) is 5.55. The van der Waals surface area contributed by atoms with Crippen LogP contribution in [-0.4, -0.2) is 42.2 Å². The zero-order chi connectivity index (χ0) is 24.9. The summed E-state index contributed by atoms with van der Waals surface area (Å²) in [4.78, 5) is 12.9. The molecule has 0 radical (unpaired) electrons. The minimum absolute atomic E-state index is 0.0685. The van der Waals surface area contributed by atoms with E-state index in [4.69, 9.17) is 25.8 Å². The van der Waals surface area contributed by atoms with Crippen molar-refractivity contribution >= 4 is 38.9 Å². The highest BCUT2D eigenvalue weighted by atomic mass is 35.5. The van der Waals surface area contributed by atoms with Crippen molar-refractivity contribution in [3.8, 4) is 17.2 Å². The Labute approximate surface area is 204 Å². The molecule has 1 amide bonds. The van der Waals surface area contributed by atoms with E-state index in [9.17, 15) is 13.2 Å². The van der Waals surface area contributed by atoms with E-state index in [1.807, 2.05) is 13.0 Å². The summed E-state index contributed by atoms with van der Waals surface area (Å²) >= 11 is 5.99. The Balaban J connectivity index is 2.00. The zero-order valence-corrected chi connectivity index (χ0v) is 20.7. The fourth-order valence-electron chi connectivity index (χ4n) is 3.27. The van der Waals surface area contributed by atoms with Gasteiger partial charge in [0.1, 0.15) is 12.3 Å². The molecule has 10 heteroatoms. The quantitative estimate of drug-likeness (QED) is 0.461. The summed E-state index contributed by atoms with van der Waals surface area (Å²) in [5.41, 5.74) is 1.61. The van der Waals surface area contributed by atoms with Crippen LogP contribution in [0.3, 0.4) is 0 Å². The average molecular weight is 505 g/mol. The lowest BCUT2D eigenvalue weighted by molar-refractivity contribution is -0.114. The van der Waals surface area contributed by atoms with Crippen molar-refractivity contribution in [3.05, 3.63) is 71.2 Å². The van der Waals surface area contributed by atoms with Crippen LogP contribution in [0.5, 0.6) is 17.2 Å². The Bertz CT molecular complexity index is 1280. The number of methoxy groups -OCH3 is 3. The van der Waals surface area contributed by atoms with E-state index < -0.39 is 22.5 Å². The molecular weight excluding hydrogens is 480 g/mol. The van der Waals surface area contributed by atoms with Crippen LogP contribution in [0.2, 0.25) is 5.02 Å². The number of carbonyl (C=O) groups excluding carboxylic acids is 1. The highest BCUT2D eigenvalue weighted by Gasteiger charge is 2.28. The van der Waals surface area contributed by atoms with E-state index in [-0.39, 0.29) is 16.3 Å². The maximum absolute atomic E-state index is 13.6. The zero-order valence-electron chi connectivity index (χ0n) is 19.2. The lowest BCUT2D eigenvalue weighted by Gasteiger charge is -2.25. The molecule has 0 aliphatic heterocycles. The van der Waals surface area contributed by atoms with E-state index in [1.54, 1.807) is 24.3 Å². The lowest BCUT2D eigenvalue weighted by atomic mass is 10.2. The largest absolute Gasteiger partial charge is 0.495 e. The van der Waals surface area contributed by atoms with Crippen molar-refractivity contribution in [1.82, 2.24) is 0 Å². The van der Waals surface area contributed by atoms with Crippen LogP contribution < -0.4 is 23.8 Å². The first-order valence-corrected chi connectivity index (χ1v) is 12.0. The SMILES string of the molecule is COc1ccc(C)cc1NC(=O)CN(c1ccc(Cl)cc1)S(=O)(=O)c1ccc(OC)c(OC)c1. The Morgan fingerprint density at radius 2 is 1.50 bits per heavy atom. The van der Waals surface area contributed by atoms with Gasteiger partial charge >= 0.3 is 0 Å². The summed E-state index contributed by atoms with van der Waals surface area (Å²) in [6.07, 6.45) is 0. The van der Waals surface area contributed by atoms with Crippen LogP contribution in [0.25, 0.3) is 0 Å². The van der Waals surface area contributed by atoms with E-state index in [0.717, 1.165) is 9.87 Å². The van der Waals surface area contributed by atoms with Gasteiger partial charge in [-0.1, -0.05) is 17.7 Å². The van der Waals surface area contributed by atoms with Gasteiger partial charge < -0.3 is 19.5 Å². The summed E-state index contributed by atoms with van der Waals surface area (Å²) in [6, 6.07) is 15.7. The predicted octanol–water partition coefficient (Wildman–Crippen LogP) is 4.51. The first kappa shape index (κ1) is 25.2. The Morgan fingerprint density at radius 1 is 0.882 bits per heavy atom. The van der Waals surface area contributed by atoms with Crippen molar-refractivity contribution in [2.45, 2.75) is 11.8 Å². The van der Waals surface area contributed by atoms with Gasteiger partial charge in [0.25, 0.3) is 10.0 Å². The lowest BCUT2D eigenvalue weighted by Crippen LogP contribution is -2.38. The molecule has 0 aliphatic rings. The number of sulfonamides is 1. The number of benzene rings is 3. The van der Waals surface area contributed by atoms with Crippen molar-refractivity contribution in [2.24, 2.45) is 0 Å². The van der Waals surface area contributed by atoms with Crippen LogP contribution >= 0.6 is 11.6 Å². The normalized spacial score (nSPS) is 11.0. The number of carbonyl (C=O) groups is 1. The average Bonchev–Trinajstić information content (AvgIpc) is 2.82. The second-order valence-corrected chi connectivity index (χ2v) is 9.56. The van der Waals surface area contributed by atoms with E-state index in [1.165, 1.54) is 51.7 Å². The molecular formula is C24H25ClN2O6S. The molecule has 0 atom stereocenters. The molecule has 0 spiro atoms. The van der Waals surface area contributed by atoms with E-state index in [2.05, 4.69) is 5.32 Å². The van der Waals surface area contributed by atoms with Gasteiger partial charge in [-0.2, -0.15) is 0 Å². The Hall–Kier alpha value is -3.43. The number of rotatable bonds is 9. The molecule has 0 saturated carbocycles. The van der Waals surface area contributed by atoms with Gasteiger partial charge in [0, 0.05) is 11.1 Å². The maximum Gasteiger partial charge on any atom is 0.264 e. The first-order chi connectivity index (χ1) is 16.2. The van der Waals surface area contributed by atoms with Gasteiger partial charge in [-0.05, 0) is 61.0 Å². The smallest absolute Gasteiger partial charge is 0.264 e. The predicted molar refractivity (Wildman–Crippen MR) is 132 cm³/mol. The van der Waals surface area contributed by atoms with Crippen molar-refractivity contribution in [1.29, 1.82) is 0 Å². The van der Waals surface area contributed by atoms with Gasteiger partial charge in [0.05, 0.1) is 37.6 Å². The molecule has 34 heavy (non-hydrogen) atoms. The summed E-state index contributed by atoms with van der Waals surface area (Å²) < 4.78 is 44.0. The minimum Gasteiger partial charge on any atom is -0.495 e. The number of hydrogen-bond donors (Lipinski definition) is 1. The summed E-state index contributed by atoms with van der Waals surface area (Å²) in [7, 11) is 0.180. The van der Waals surface area contributed by atoms with Gasteiger partial charge in [-0.3, -0.25) is 9.10 Å². The first-order valence-electron chi connectivity index (χ1n) is 10.1. The molecule has 0 heterocycles. The molecule has 0 fully saturated rings. The van der Waals surface area contributed by atoms with Gasteiger partial charge in [-0.25, -0.2) is 8.42 Å². The van der Waals surface area contributed by atoms with Gasteiger partial charge in [-0.15, -0.1) is 0 Å². The van der Waals surface area contributed by atoms with Crippen LogP contribution in [0.1, 0.15) is 5.56 Å². The number of nitrogens with zero attached hydrogens (tertiary/aromatic N) is 1. The topological polar surface area (TPSA) is 94.2 Å². The minimum atomic E-state index is -4.17. The molecule has 8 nitrogen and oxygen atoms in total. The number of anilines is 2. The molecule has 3 rings (SSSR count). The molecule has 3 aromatic rings. The Kier molecular flexibility index (Phi) is 7.90. The summed E-state index contributed by atoms with van der Waals surface area (Å²) in [6.45, 7) is 1.38. The number of ether oxygens (including phenoxy) is 3. The molecule has 180 valence electrons. The second-order valence-electron chi connectivity index (χ2n) is 7.26. The van der Waals surface area contributed by atoms with Gasteiger partial charge in [0.15, 0.2) is 11.5 Å². The molecule has 0 bridgehead atoms. The molecule has 0 unspecified atom stereocenters. The van der Waals surface area contributed by atoms with Crippen LogP contribution in [0.4, 0.5) is 11.4 Å². The number of nitrogens with one attached hydrogen (secondary N) is 1. The van der Waals surface area contributed by atoms with Crippen molar-refractivity contribution in [2.75, 3.05) is 37.5 Å². The molecule has 0 aromatic heterocycles. The van der Waals surface area contributed by atoms with Crippen LogP contribution in [-0.2, 0) is 14.8 Å². The standard InChI is InChI=1S/C24H25ClN2O6S/c1-16-5-11-21(31-2)20(13-16)26-24(28)15-27(18-8-6-17(25)7-9-18)34(29,30)19-10-12-22(32-3)23(14-19)33-4/h5-14H,15H2,1-4H3,(H,26,28). The molecule has 0 aliphatic carbocycles. The highest BCUT2D eigenvalue weighted by molar-refractivity contribution is 7.92. The second kappa shape index (κ2) is 10.7. The number of halogens is 1. The van der Waals surface area contributed by atoms with Crippen LogP contribution in [0.15, 0.2) is 65.6 Å². The fraction of sp³-hybridized carbons (Fsp3) is 0.208.